The van der Waals surface area contributed by atoms with Crippen molar-refractivity contribution in [3.8, 4) is 5.69 Å². The van der Waals surface area contributed by atoms with Gasteiger partial charge in [0.05, 0.1) is 29.4 Å². The van der Waals surface area contributed by atoms with E-state index in [0.29, 0.717) is 0 Å². The molecule has 1 N–H and O–H groups in total. The van der Waals surface area contributed by atoms with E-state index in [1.54, 1.807) is 23.0 Å². The zero-order valence-electron chi connectivity index (χ0n) is 19.1. The molecule has 2 aliphatic rings. The van der Waals surface area contributed by atoms with Crippen LogP contribution in [0.25, 0.3) is 16.6 Å². The number of hydrogen-bond acceptors (Lipinski definition) is 3. The monoisotopic (exact) mass is 454 g/mol. The summed E-state index contributed by atoms with van der Waals surface area (Å²) in [5.41, 5.74) is 3.71. The smallest absolute Gasteiger partial charge is 0.232 e. The number of aromatic nitrogens is 2. The summed E-state index contributed by atoms with van der Waals surface area (Å²) in [5.74, 6) is 0.469. The first-order valence-corrected chi connectivity index (χ1v) is 12.0. The number of nitrogens with zero attached hydrogens (tertiary/aromatic N) is 3. The fourth-order valence-corrected chi connectivity index (χ4v) is 5.11. The summed E-state index contributed by atoms with van der Waals surface area (Å²) in [6, 6.07) is 22.6. The van der Waals surface area contributed by atoms with Crippen molar-refractivity contribution in [3.63, 3.8) is 0 Å². The number of halogens is 1. The Labute approximate surface area is 198 Å². The molecule has 3 aromatic carbocycles. The van der Waals surface area contributed by atoms with Crippen LogP contribution in [0.2, 0.25) is 0 Å². The van der Waals surface area contributed by atoms with E-state index in [-0.39, 0.29) is 29.7 Å². The van der Waals surface area contributed by atoms with Crippen molar-refractivity contribution in [1.82, 2.24) is 15.1 Å². The van der Waals surface area contributed by atoms with Gasteiger partial charge in [-0.1, -0.05) is 37.3 Å². The first kappa shape index (κ1) is 21.1. The highest BCUT2D eigenvalue weighted by Crippen LogP contribution is 2.41. The van der Waals surface area contributed by atoms with Crippen LogP contribution in [0.1, 0.15) is 31.4 Å². The summed E-state index contributed by atoms with van der Waals surface area (Å²) in [6.45, 7) is 3.00. The van der Waals surface area contributed by atoms with Crippen LogP contribution in [0, 0.1) is 17.7 Å². The van der Waals surface area contributed by atoms with Crippen LogP contribution >= 0.6 is 0 Å². The molecule has 1 aliphatic heterocycles. The van der Waals surface area contributed by atoms with Crippen LogP contribution in [0.4, 0.5) is 10.1 Å². The van der Waals surface area contributed by atoms with Gasteiger partial charge in [0, 0.05) is 17.1 Å². The van der Waals surface area contributed by atoms with Gasteiger partial charge in [-0.25, -0.2) is 9.07 Å². The zero-order chi connectivity index (χ0) is 23.2. The minimum atomic E-state index is -0.277. The molecule has 0 radical (unpaired) electrons. The molecule has 1 saturated heterocycles. The van der Waals surface area contributed by atoms with Crippen LogP contribution in [-0.4, -0.2) is 28.3 Å². The van der Waals surface area contributed by atoms with Crippen molar-refractivity contribution in [2.45, 2.75) is 31.8 Å². The molecule has 1 amide bonds. The van der Waals surface area contributed by atoms with E-state index >= 15 is 0 Å². The molecule has 1 aliphatic carbocycles. The summed E-state index contributed by atoms with van der Waals surface area (Å²) in [4.78, 5) is 15.5. The molecule has 2 fully saturated rings. The van der Waals surface area contributed by atoms with Crippen LogP contribution in [0.3, 0.4) is 0 Å². The lowest BCUT2D eigenvalue weighted by Gasteiger charge is -2.29. The van der Waals surface area contributed by atoms with Crippen molar-refractivity contribution in [2.24, 2.45) is 11.8 Å². The molecule has 2 heterocycles. The maximum Gasteiger partial charge on any atom is 0.232 e. The van der Waals surface area contributed by atoms with Crippen molar-refractivity contribution >= 4 is 22.5 Å². The van der Waals surface area contributed by atoms with E-state index in [9.17, 15) is 9.18 Å². The van der Waals surface area contributed by atoms with Gasteiger partial charge in [-0.2, -0.15) is 5.10 Å². The van der Waals surface area contributed by atoms with E-state index in [2.05, 4.69) is 22.5 Å². The van der Waals surface area contributed by atoms with Gasteiger partial charge in [-0.3, -0.25) is 4.79 Å². The molecule has 1 aromatic heterocycles. The van der Waals surface area contributed by atoms with Crippen LogP contribution in [0.5, 0.6) is 0 Å². The number of amides is 1. The predicted octanol–water partition coefficient (Wildman–Crippen LogP) is 5.26. The second-order valence-corrected chi connectivity index (χ2v) is 9.51. The summed E-state index contributed by atoms with van der Waals surface area (Å²) < 4.78 is 15.2. The van der Waals surface area contributed by atoms with Gasteiger partial charge in [0.15, 0.2) is 0 Å². The number of rotatable bonds is 6. The third-order valence-corrected chi connectivity index (χ3v) is 7.17. The lowest BCUT2D eigenvalue weighted by molar-refractivity contribution is -0.120. The number of hydrogen-bond donors (Lipinski definition) is 1. The Morgan fingerprint density at radius 1 is 1.00 bits per heavy atom. The highest BCUT2D eigenvalue weighted by Gasteiger charge is 2.47. The van der Waals surface area contributed by atoms with Gasteiger partial charge in [0.25, 0.3) is 0 Å². The molecule has 172 valence electrons. The molecule has 3 atom stereocenters. The topological polar surface area (TPSA) is 50.2 Å². The minimum absolute atomic E-state index is 0.0492. The SMILES string of the molecule is CC1C(=O)N(c2ccc3c(cnn3-c3ccc(F)cc3)c2)C(c2ccccc2)C1NCC1CC1. The molecular formula is C28H27FN4O. The fraction of sp³-hybridized carbons (Fsp3) is 0.286. The van der Waals surface area contributed by atoms with Gasteiger partial charge >= 0.3 is 0 Å². The number of nitrogens with one attached hydrogen (secondary N) is 1. The highest BCUT2D eigenvalue weighted by atomic mass is 19.1. The molecular weight excluding hydrogens is 427 g/mol. The van der Waals surface area contributed by atoms with E-state index in [1.165, 1.54) is 25.0 Å². The van der Waals surface area contributed by atoms with Gasteiger partial charge < -0.3 is 10.2 Å². The Hall–Kier alpha value is -3.51. The van der Waals surface area contributed by atoms with Gasteiger partial charge in [0.1, 0.15) is 5.82 Å². The first-order valence-electron chi connectivity index (χ1n) is 12.0. The van der Waals surface area contributed by atoms with Crippen LogP contribution < -0.4 is 10.2 Å². The van der Waals surface area contributed by atoms with E-state index in [4.69, 9.17) is 0 Å². The minimum Gasteiger partial charge on any atom is -0.311 e. The standard InChI is InChI=1S/C28H27FN4O/c1-18-26(30-16-19-7-8-19)27(20-5-3-2-4-6-20)32(28(18)34)24-13-14-25-21(15-24)17-31-33(25)23-11-9-22(29)10-12-23/h2-6,9-15,17-19,26-27,30H,7-8,16H2,1H3. The number of carbonyl (C=O) groups is 1. The normalized spacial score (nSPS) is 22.6. The van der Waals surface area contributed by atoms with E-state index in [0.717, 1.165) is 40.3 Å². The second kappa shape index (κ2) is 8.37. The first-order chi connectivity index (χ1) is 16.6. The fourth-order valence-electron chi connectivity index (χ4n) is 5.11. The predicted molar refractivity (Wildman–Crippen MR) is 131 cm³/mol. The van der Waals surface area contributed by atoms with Gasteiger partial charge in [-0.15, -0.1) is 0 Å². The van der Waals surface area contributed by atoms with Crippen molar-refractivity contribution in [2.75, 3.05) is 11.4 Å². The van der Waals surface area contributed by atoms with Gasteiger partial charge in [0.2, 0.25) is 5.91 Å². The van der Waals surface area contributed by atoms with Crippen molar-refractivity contribution in [3.05, 3.63) is 90.4 Å². The summed E-state index contributed by atoms with van der Waals surface area (Å²) in [5, 5.41) is 9.19. The Morgan fingerprint density at radius 2 is 1.74 bits per heavy atom. The molecule has 34 heavy (non-hydrogen) atoms. The number of carbonyl (C=O) groups excluding carboxylic acids is 1. The molecule has 6 rings (SSSR count). The number of fused-ring (bicyclic) bond motifs is 1. The van der Waals surface area contributed by atoms with Gasteiger partial charge in [-0.05, 0) is 73.3 Å². The summed E-state index contributed by atoms with van der Waals surface area (Å²) >= 11 is 0. The maximum absolute atomic E-state index is 13.6. The average Bonchev–Trinajstić information content (AvgIpc) is 3.55. The third kappa shape index (κ3) is 3.68. The largest absolute Gasteiger partial charge is 0.311 e. The summed E-state index contributed by atoms with van der Waals surface area (Å²) in [6.07, 6.45) is 4.35. The summed E-state index contributed by atoms with van der Waals surface area (Å²) in [7, 11) is 0. The Balaban J connectivity index is 1.39. The van der Waals surface area contributed by atoms with Crippen LogP contribution in [-0.2, 0) is 4.79 Å². The lowest BCUT2D eigenvalue weighted by Crippen LogP contribution is -2.39. The van der Waals surface area contributed by atoms with E-state index in [1.807, 2.05) is 48.2 Å². The average molecular weight is 455 g/mol. The molecule has 0 spiro atoms. The molecule has 3 unspecified atom stereocenters. The maximum atomic E-state index is 13.6. The number of anilines is 1. The Bertz CT molecular complexity index is 1330. The second-order valence-electron chi connectivity index (χ2n) is 9.51. The lowest BCUT2D eigenvalue weighted by atomic mass is 9.94. The Kier molecular flexibility index (Phi) is 5.18. The number of benzene rings is 3. The molecule has 6 heteroatoms. The van der Waals surface area contributed by atoms with E-state index < -0.39 is 0 Å². The molecule has 0 bridgehead atoms. The highest BCUT2D eigenvalue weighted by molar-refractivity contribution is 6.00. The molecule has 5 nitrogen and oxygen atoms in total. The quantitative estimate of drug-likeness (QED) is 0.433. The van der Waals surface area contributed by atoms with Crippen molar-refractivity contribution in [1.29, 1.82) is 0 Å². The van der Waals surface area contributed by atoms with Crippen molar-refractivity contribution < 1.29 is 9.18 Å². The molecule has 1 saturated carbocycles. The molecule has 4 aromatic rings. The van der Waals surface area contributed by atoms with Crippen LogP contribution in [0.15, 0.2) is 79.0 Å². The third-order valence-electron chi connectivity index (χ3n) is 7.17. The zero-order valence-corrected chi connectivity index (χ0v) is 19.1. The Morgan fingerprint density at radius 3 is 2.47 bits per heavy atom.